The van der Waals surface area contributed by atoms with Crippen LogP contribution in [0.4, 0.5) is 0 Å². The fourth-order valence-corrected chi connectivity index (χ4v) is 5.65. The number of halogens is 1. The van der Waals surface area contributed by atoms with Crippen LogP contribution in [0.5, 0.6) is 0 Å². The third-order valence-electron chi connectivity index (χ3n) is 4.79. The number of imide groups is 1. The number of nitriles is 1. The van der Waals surface area contributed by atoms with E-state index in [2.05, 4.69) is 70.1 Å². The van der Waals surface area contributed by atoms with Crippen molar-refractivity contribution in [3.63, 3.8) is 0 Å². The highest BCUT2D eigenvalue weighted by molar-refractivity contribution is 14.1. The van der Waals surface area contributed by atoms with Crippen LogP contribution in [-0.4, -0.2) is 66.0 Å². The first-order valence-electron chi connectivity index (χ1n) is 10.6. The predicted octanol–water partition coefficient (Wildman–Crippen LogP) is 3.33. The molecular weight excluding hydrogens is 560 g/mol. The van der Waals surface area contributed by atoms with Gasteiger partial charge in [-0.15, -0.1) is 0 Å². The number of amides is 2. The Morgan fingerprint density at radius 2 is 2.06 bits per heavy atom. The van der Waals surface area contributed by atoms with Gasteiger partial charge in [0.1, 0.15) is 11.4 Å². The molecule has 0 bridgehead atoms. The molecule has 1 aliphatic rings. The molecule has 2 unspecified atom stereocenters. The van der Waals surface area contributed by atoms with E-state index in [4.69, 9.17) is 19.0 Å². The quantitative estimate of drug-likeness (QED) is 0.0780. The number of hydrogen-bond acceptors (Lipinski definition) is 9. The van der Waals surface area contributed by atoms with Crippen LogP contribution in [0.2, 0.25) is 0 Å². The second-order valence-electron chi connectivity index (χ2n) is 8.29. The van der Waals surface area contributed by atoms with Crippen LogP contribution in [0.1, 0.15) is 48.0 Å². The number of nitrogens with one attached hydrogen (secondary N) is 2. The Balaban J connectivity index is 3.23. The van der Waals surface area contributed by atoms with Gasteiger partial charge in [0.05, 0.1) is 19.1 Å². The molecule has 0 radical (unpaired) electrons. The average Bonchev–Trinajstić information content (AvgIpc) is 3.04. The highest BCUT2D eigenvalue weighted by Crippen LogP contribution is 2.51. The van der Waals surface area contributed by atoms with Crippen molar-refractivity contribution >= 4 is 43.7 Å². The molecule has 1 heterocycles. The molecule has 0 fully saturated rings. The molecule has 186 valence electrons. The van der Waals surface area contributed by atoms with E-state index >= 15 is 0 Å². The lowest BCUT2D eigenvalue weighted by Gasteiger charge is -2.37. The van der Waals surface area contributed by atoms with Gasteiger partial charge in [-0.3, -0.25) is 18.4 Å². The monoisotopic (exact) mass is 595 g/mol. The van der Waals surface area contributed by atoms with Gasteiger partial charge in [-0.05, 0) is 41.5 Å². The molecule has 0 aromatic heterocycles. The smallest absolute Gasteiger partial charge is 0.321 e. The molecule has 1 rings (SSSR count). The predicted molar refractivity (Wildman–Crippen MR) is 135 cm³/mol. The summed E-state index contributed by atoms with van der Waals surface area (Å²) in [4.78, 5) is 24.2. The first-order chi connectivity index (χ1) is 15.5. The number of hydrogen-bond donors (Lipinski definition) is 2. The maximum atomic E-state index is 11.9. The summed E-state index contributed by atoms with van der Waals surface area (Å²) in [5.41, 5.74) is -0.427. The van der Waals surface area contributed by atoms with Crippen LogP contribution >= 0.6 is 31.4 Å². The summed E-state index contributed by atoms with van der Waals surface area (Å²) in [5.74, 6) is 0.132. The second-order valence-corrected chi connectivity index (χ2v) is 10.4. The summed E-state index contributed by atoms with van der Waals surface area (Å²) >= 11 is 2.06. The van der Waals surface area contributed by atoms with Gasteiger partial charge in [-0.2, -0.15) is 5.26 Å². The minimum absolute atomic E-state index is 0.162. The zero-order valence-electron chi connectivity index (χ0n) is 20.3. The first-order valence-corrected chi connectivity index (χ1v) is 12.9. The molecule has 0 saturated heterocycles. The van der Waals surface area contributed by atoms with Crippen LogP contribution < -0.4 is 8.85 Å². The third kappa shape index (κ3) is 8.77. The molecule has 3 atom stereocenters. The molecule has 0 saturated carbocycles. The van der Waals surface area contributed by atoms with E-state index in [1.807, 2.05) is 13.0 Å². The second kappa shape index (κ2) is 14.2. The molecule has 0 aromatic carbocycles. The summed E-state index contributed by atoms with van der Waals surface area (Å²) in [6, 6.07) is 2.43. The standard InChI is InChI=1S/C21H35IN5O5P/c1-15(2)27(16(3)4)33(30-10-8-9-23)32-18-11-19(31-21(18,6)13-25-22)26(7)12-17(5)20(29)24-14-28/h11-12,14-16,19,25H,8,10,13H2,1-7H3,(H,24,28,29)/b17-12-/t19?,21-,33?/m1/s1. The summed E-state index contributed by atoms with van der Waals surface area (Å²) in [6.45, 7) is 12.6. The van der Waals surface area contributed by atoms with Crippen molar-refractivity contribution < 1.29 is 23.4 Å². The van der Waals surface area contributed by atoms with Gasteiger partial charge < -0.3 is 18.7 Å². The summed E-state index contributed by atoms with van der Waals surface area (Å²) < 4.78 is 24.1. The number of rotatable bonds is 14. The Morgan fingerprint density at radius 3 is 2.58 bits per heavy atom. The van der Waals surface area contributed by atoms with Crippen molar-refractivity contribution in [2.75, 3.05) is 20.2 Å². The highest BCUT2D eigenvalue weighted by Gasteiger charge is 2.44. The van der Waals surface area contributed by atoms with Crippen molar-refractivity contribution in [2.45, 2.75) is 71.9 Å². The summed E-state index contributed by atoms with van der Waals surface area (Å²) in [6.07, 6.45) is 3.59. The van der Waals surface area contributed by atoms with Crippen LogP contribution in [0.15, 0.2) is 23.6 Å². The topological polar surface area (TPSA) is 116 Å². The van der Waals surface area contributed by atoms with Gasteiger partial charge in [0, 0.05) is 66.4 Å². The summed E-state index contributed by atoms with van der Waals surface area (Å²) in [5, 5.41) is 11.1. The molecule has 33 heavy (non-hydrogen) atoms. The number of nitrogens with zero attached hydrogens (tertiary/aromatic N) is 3. The largest absolute Gasteiger partial charge is 0.437 e. The Morgan fingerprint density at radius 1 is 1.42 bits per heavy atom. The van der Waals surface area contributed by atoms with Gasteiger partial charge in [0.25, 0.3) is 5.91 Å². The fourth-order valence-electron chi connectivity index (χ4n) is 3.22. The Bertz CT molecular complexity index is 765. The molecule has 2 amide bonds. The number of carbonyl (C=O) groups is 2. The minimum atomic E-state index is -1.50. The van der Waals surface area contributed by atoms with E-state index in [-0.39, 0.29) is 25.1 Å². The van der Waals surface area contributed by atoms with E-state index in [1.165, 1.54) is 0 Å². The molecule has 0 aliphatic carbocycles. The SMILES string of the molecule is C/C(=C/N(C)C1C=C(OP(OCCC#N)N(C(C)C)C(C)C)[C@@](C)(CNI)O1)C(=O)NC=O. The Labute approximate surface area is 212 Å². The average molecular weight is 595 g/mol. The van der Waals surface area contributed by atoms with Gasteiger partial charge in [0.15, 0.2) is 6.23 Å². The van der Waals surface area contributed by atoms with E-state index in [0.29, 0.717) is 24.3 Å². The molecule has 10 nitrogen and oxygen atoms in total. The normalized spacial score (nSPS) is 21.7. The maximum Gasteiger partial charge on any atom is 0.321 e. The minimum Gasteiger partial charge on any atom is -0.437 e. The van der Waals surface area contributed by atoms with Crippen molar-refractivity contribution in [2.24, 2.45) is 0 Å². The zero-order valence-corrected chi connectivity index (χ0v) is 23.3. The van der Waals surface area contributed by atoms with E-state index in [0.717, 1.165) is 0 Å². The fraction of sp³-hybridized carbons (Fsp3) is 0.667. The molecule has 12 heteroatoms. The Kier molecular flexibility index (Phi) is 12.8. The van der Waals surface area contributed by atoms with Gasteiger partial charge in [0.2, 0.25) is 6.41 Å². The molecule has 1 aliphatic heterocycles. The third-order valence-corrected chi connectivity index (χ3v) is 7.22. The van der Waals surface area contributed by atoms with Crippen LogP contribution in [-0.2, 0) is 23.4 Å². The number of carbonyl (C=O) groups excluding carboxylic acids is 2. The van der Waals surface area contributed by atoms with Gasteiger partial charge in [-0.1, -0.05) is 0 Å². The van der Waals surface area contributed by atoms with Crippen molar-refractivity contribution in [3.05, 3.63) is 23.6 Å². The number of likely N-dealkylation sites (N-methyl/N-ethyl adjacent to an activating group) is 1. The number of ether oxygens (including phenoxy) is 1. The van der Waals surface area contributed by atoms with Crippen molar-refractivity contribution in [1.29, 1.82) is 5.26 Å². The van der Waals surface area contributed by atoms with Gasteiger partial charge >= 0.3 is 8.53 Å². The zero-order chi connectivity index (χ0) is 25.2. The van der Waals surface area contributed by atoms with Crippen LogP contribution in [0.25, 0.3) is 0 Å². The van der Waals surface area contributed by atoms with Crippen molar-refractivity contribution in [3.8, 4) is 6.07 Å². The van der Waals surface area contributed by atoms with Crippen LogP contribution in [0, 0.1) is 11.3 Å². The molecule has 0 aromatic rings. The van der Waals surface area contributed by atoms with Crippen molar-refractivity contribution in [1.82, 2.24) is 18.4 Å². The first kappa shape index (κ1) is 29.7. The summed E-state index contributed by atoms with van der Waals surface area (Å²) in [7, 11) is 0.280. The van der Waals surface area contributed by atoms with Crippen LogP contribution in [0.3, 0.4) is 0 Å². The van der Waals surface area contributed by atoms with E-state index < -0.39 is 26.3 Å². The highest BCUT2D eigenvalue weighted by atomic mass is 127. The van der Waals surface area contributed by atoms with E-state index in [1.54, 1.807) is 25.1 Å². The molecular formula is C21H35IN5O5P. The lowest BCUT2D eigenvalue weighted by atomic mass is 10.1. The molecule has 2 N–H and O–H groups in total. The lowest BCUT2D eigenvalue weighted by molar-refractivity contribution is -0.122. The maximum absolute atomic E-state index is 11.9. The molecule has 0 spiro atoms. The lowest BCUT2D eigenvalue weighted by Crippen LogP contribution is -2.41. The Hall–Kier alpha value is -1.29. The van der Waals surface area contributed by atoms with Gasteiger partial charge in [-0.25, -0.2) is 4.67 Å². The van der Waals surface area contributed by atoms with E-state index in [9.17, 15) is 9.59 Å².